The van der Waals surface area contributed by atoms with Crippen LogP contribution in [0.5, 0.6) is 0 Å². The number of thioether (sulfide) groups is 1. The SMILES string of the molecule is CSCCNC(=NCC(=O)N(C)C)NC1CCCn2nc(C)nc21.I. The number of aryl methyl sites for hydroxylation is 2. The first-order valence-electron chi connectivity index (χ1n) is 8.16. The lowest BCUT2D eigenvalue weighted by Crippen LogP contribution is -2.43. The quantitative estimate of drug-likeness (QED) is 0.273. The predicted molar refractivity (Wildman–Crippen MR) is 113 cm³/mol. The van der Waals surface area contributed by atoms with Gasteiger partial charge in [0.25, 0.3) is 0 Å². The van der Waals surface area contributed by atoms with E-state index in [1.54, 1.807) is 30.8 Å². The minimum Gasteiger partial charge on any atom is -0.356 e. The molecule has 1 aromatic heterocycles. The molecule has 2 heterocycles. The van der Waals surface area contributed by atoms with Crippen LogP contribution in [0, 0.1) is 6.92 Å². The van der Waals surface area contributed by atoms with Crippen molar-refractivity contribution in [2.24, 2.45) is 4.99 Å². The summed E-state index contributed by atoms with van der Waals surface area (Å²) < 4.78 is 1.96. The molecule has 2 rings (SSSR count). The number of amides is 1. The van der Waals surface area contributed by atoms with Gasteiger partial charge in [-0.1, -0.05) is 0 Å². The molecule has 0 fully saturated rings. The van der Waals surface area contributed by atoms with Crippen molar-refractivity contribution >= 4 is 47.6 Å². The van der Waals surface area contributed by atoms with Crippen LogP contribution < -0.4 is 10.6 Å². The maximum atomic E-state index is 11.8. The number of guanidine groups is 1. The van der Waals surface area contributed by atoms with Gasteiger partial charge in [-0.3, -0.25) is 4.79 Å². The zero-order valence-electron chi connectivity index (χ0n) is 15.3. The molecule has 8 nitrogen and oxygen atoms in total. The van der Waals surface area contributed by atoms with Gasteiger partial charge >= 0.3 is 0 Å². The Bertz CT molecular complexity index is 590. The monoisotopic (exact) mass is 481 g/mol. The van der Waals surface area contributed by atoms with Gasteiger partial charge in [0.15, 0.2) is 5.96 Å². The molecule has 2 N–H and O–H groups in total. The van der Waals surface area contributed by atoms with E-state index >= 15 is 0 Å². The number of hydrogen-bond donors (Lipinski definition) is 2. The second kappa shape index (κ2) is 10.8. The highest BCUT2D eigenvalue weighted by Gasteiger charge is 2.24. The summed E-state index contributed by atoms with van der Waals surface area (Å²) >= 11 is 1.76. The van der Waals surface area contributed by atoms with E-state index < -0.39 is 0 Å². The van der Waals surface area contributed by atoms with Crippen LogP contribution in [0.15, 0.2) is 4.99 Å². The first-order valence-corrected chi connectivity index (χ1v) is 9.56. The molecule has 1 unspecified atom stereocenters. The lowest BCUT2D eigenvalue weighted by molar-refractivity contribution is -0.127. The lowest BCUT2D eigenvalue weighted by Gasteiger charge is -2.25. The first-order chi connectivity index (χ1) is 11.5. The first kappa shape index (κ1) is 22.0. The number of likely N-dealkylation sites (N-methyl/N-ethyl adjacent to an activating group) is 1. The van der Waals surface area contributed by atoms with Crippen LogP contribution >= 0.6 is 35.7 Å². The van der Waals surface area contributed by atoms with Crippen molar-refractivity contribution in [3.8, 4) is 0 Å². The molecule has 1 aliphatic heterocycles. The molecule has 0 aromatic carbocycles. The van der Waals surface area contributed by atoms with Crippen molar-refractivity contribution in [3.05, 3.63) is 11.6 Å². The number of carbonyl (C=O) groups excluding carboxylic acids is 1. The average molecular weight is 481 g/mol. The van der Waals surface area contributed by atoms with Gasteiger partial charge in [-0.25, -0.2) is 14.7 Å². The number of nitrogens with one attached hydrogen (secondary N) is 2. The largest absolute Gasteiger partial charge is 0.356 e. The van der Waals surface area contributed by atoms with Crippen molar-refractivity contribution in [1.82, 2.24) is 30.3 Å². The van der Waals surface area contributed by atoms with Gasteiger partial charge in [0.1, 0.15) is 18.2 Å². The molecule has 0 spiro atoms. The fourth-order valence-electron chi connectivity index (χ4n) is 2.48. The number of nitrogens with zero attached hydrogens (tertiary/aromatic N) is 5. The molecule has 1 atom stereocenters. The van der Waals surface area contributed by atoms with Crippen LogP contribution in [0.2, 0.25) is 0 Å². The van der Waals surface area contributed by atoms with Crippen molar-refractivity contribution in [2.45, 2.75) is 32.4 Å². The third-order valence-corrected chi connectivity index (χ3v) is 4.37. The fourth-order valence-corrected chi connectivity index (χ4v) is 2.79. The van der Waals surface area contributed by atoms with Crippen LogP contribution in [0.1, 0.15) is 30.5 Å². The molecule has 1 aromatic rings. The summed E-state index contributed by atoms with van der Waals surface area (Å²) in [6.45, 7) is 3.73. The van der Waals surface area contributed by atoms with Crippen molar-refractivity contribution in [3.63, 3.8) is 0 Å². The Morgan fingerprint density at radius 2 is 2.24 bits per heavy atom. The van der Waals surface area contributed by atoms with E-state index in [0.29, 0.717) is 5.96 Å². The summed E-state index contributed by atoms with van der Waals surface area (Å²) in [6, 6.07) is 0.0648. The molecule has 0 radical (unpaired) electrons. The highest BCUT2D eigenvalue weighted by molar-refractivity contribution is 14.0. The van der Waals surface area contributed by atoms with Gasteiger partial charge in [-0.05, 0) is 26.0 Å². The summed E-state index contributed by atoms with van der Waals surface area (Å²) in [5, 5.41) is 11.1. The summed E-state index contributed by atoms with van der Waals surface area (Å²) in [6.07, 6.45) is 4.08. The second-order valence-corrected chi connectivity index (χ2v) is 6.94. The molecule has 142 valence electrons. The van der Waals surface area contributed by atoms with Gasteiger partial charge in [-0.15, -0.1) is 24.0 Å². The number of carbonyl (C=O) groups is 1. The normalized spacial score (nSPS) is 16.6. The van der Waals surface area contributed by atoms with E-state index in [1.807, 2.05) is 11.6 Å². The Kier molecular flexibility index (Phi) is 9.54. The summed E-state index contributed by atoms with van der Waals surface area (Å²) in [5.74, 6) is 3.33. The summed E-state index contributed by atoms with van der Waals surface area (Å²) in [5.41, 5.74) is 0. The predicted octanol–water partition coefficient (Wildman–Crippen LogP) is 1.03. The van der Waals surface area contributed by atoms with Gasteiger partial charge < -0.3 is 15.5 Å². The maximum Gasteiger partial charge on any atom is 0.243 e. The molecule has 0 saturated heterocycles. The maximum absolute atomic E-state index is 11.8. The van der Waals surface area contributed by atoms with Crippen molar-refractivity contribution in [1.29, 1.82) is 0 Å². The molecular formula is C15H28IN7OS. The van der Waals surface area contributed by atoms with Crippen molar-refractivity contribution < 1.29 is 4.79 Å². The van der Waals surface area contributed by atoms with Crippen LogP contribution in [0.3, 0.4) is 0 Å². The Labute approximate surface area is 170 Å². The molecule has 1 aliphatic rings. The zero-order chi connectivity index (χ0) is 17.5. The number of hydrogen-bond acceptors (Lipinski definition) is 5. The van der Waals surface area contributed by atoms with E-state index in [-0.39, 0.29) is 42.5 Å². The molecular weight excluding hydrogens is 453 g/mol. The standard InChI is InChI=1S/C15H27N7OS.HI/c1-11-18-14-12(6-5-8-22(14)20-11)19-15(16-7-9-24-4)17-10-13(23)21(2)3;/h12H,5-10H2,1-4H3,(H2,16,17,19);1H. The number of aliphatic imine (C=N–C) groups is 1. The molecule has 0 saturated carbocycles. The zero-order valence-corrected chi connectivity index (χ0v) is 18.4. The summed E-state index contributed by atoms with van der Waals surface area (Å²) in [4.78, 5) is 22.3. The van der Waals surface area contributed by atoms with Crippen molar-refractivity contribution in [2.75, 3.05) is 39.2 Å². The average Bonchev–Trinajstić information content (AvgIpc) is 2.93. The molecule has 25 heavy (non-hydrogen) atoms. The van der Waals surface area contributed by atoms with E-state index in [2.05, 4.69) is 32.0 Å². The number of rotatable bonds is 6. The van der Waals surface area contributed by atoms with Crippen LogP contribution in [-0.2, 0) is 11.3 Å². The van der Waals surface area contributed by atoms with Gasteiger partial charge in [0.05, 0.1) is 6.04 Å². The minimum absolute atomic E-state index is 0. The Balaban J connectivity index is 0.00000312. The third kappa shape index (κ3) is 6.65. The van der Waals surface area contributed by atoms with Crippen LogP contribution in [-0.4, -0.2) is 70.7 Å². The summed E-state index contributed by atoms with van der Waals surface area (Å²) in [7, 11) is 3.47. The highest BCUT2D eigenvalue weighted by atomic mass is 127. The highest BCUT2D eigenvalue weighted by Crippen LogP contribution is 2.22. The van der Waals surface area contributed by atoms with Gasteiger partial charge in [-0.2, -0.15) is 16.9 Å². The van der Waals surface area contributed by atoms with E-state index in [4.69, 9.17) is 0 Å². The Hall–Kier alpha value is -1.04. The van der Waals surface area contributed by atoms with Crippen LogP contribution in [0.4, 0.5) is 0 Å². The van der Waals surface area contributed by atoms with Crippen LogP contribution in [0.25, 0.3) is 0 Å². The number of fused-ring (bicyclic) bond motifs is 1. The molecule has 1 amide bonds. The molecule has 10 heteroatoms. The van der Waals surface area contributed by atoms with Gasteiger partial charge in [0.2, 0.25) is 5.91 Å². The molecule has 0 bridgehead atoms. The fraction of sp³-hybridized carbons (Fsp3) is 0.733. The number of aromatic nitrogens is 3. The second-order valence-electron chi connectivity index (χ2n) is 5.95. The minimum atomic E-state index is -0.0244. The number of halogens is 1. The smallest absolute Gasteiger partial charge is 0.243 e. The Morgan fingerprint density at radius 1 is 1.48 bits per heavy atom. The van der Waals surface area contributed by atoms with E-state index in [9.17, 15) is 4.79 Å². The van der Waals surface area contributed by atoms with E-state index in [0.717, 1.165) is 43.3 Å². The lowest BCUT2D eigenvalue weighted by atomic mass is 10.1. The molecule has 0 aliphatic carbocycles. The third-order valence-electron chi connectivity index (χ3n) is 3.76. The Morgan fingerprint density at radius 3 is 2.92 bits per heavy atom. The van der Waals surface area contributed by atoms with E-state index in [1.165, 1.54) is 0 Å². The van der Waals surface area contributed by atoms with Gasteiger partial charge in [0, 0.05) is 32.9 Å². The topological polar surface area (TPSA) is 87.4 Å².